The predicted molar refractivity (Wildman–Crippen MR) is 116 cm³/mol. The minimum atomic E-state index is -0.341. The van der Waals surface area contributed by atoms with Gasteiger partial charge in [0.05, 0.1) is 12.0 Å². The maximum absolute atomic E-state index is 13.0. The largest absolute Gasteiger partial charge is 0.484 e. The van der Waals surface area contributed by atoms with Gasteiger partial charge in [0.2, 0.25) is 12.3 Å². The van der Waals surface area contributed by atoms with Crippen molar-refractivity contribution in [3.05, 3.63) is 89.7 Å². The number of nitrogens with zero attached hydrogens (tertiary/aromatic N) is 4. The SMILES string of the molecule is O=C(COc1ccc(-c2nnco2)cc1)N1N=C(c2ccc(Cl)cc2)C[C@@H]1c1ccco1. The molecule has 32 heavy (non-hydrogen) atoms. The molecule has 0 N–H and O–H groups in total. The smallest absolute Gasteiger partial charge is 0.281 e. The lowest BCUT2D eigenvalue weighted by Gasteiger charge is -2.20. The van der Waals surface area contributed by atoms with Gasteiger partial charge in [-0.25, -0.2) is 5.01 Å². The highest BCUT2D eigenvalue weighted by atomic mass is 35.5. The summed E-state index contributed by atoms with van der Waals surface area (Å²) in [4.78, 5) is 13.0. The van der Waals surface area contributed by atoms with E-state index in [1.54, 1.807) is 48.7 Å². The van der Waals surface area contributed by atoms with Crippen molar-refractivity contribution in [1.29, 1.82) is 0 Å². The summed E-state index contributed by atoms with van der Waals surface area (Å²) in [5.41, 5.74) is 2.44. The number of benzene rings is 2. The molecule has 4 aromatic rings. The molecule has 0 fully saturated rings. The summed E-state index contributed by atoms with van der Waals surface area (Å²) >= 11 is 6.00. The molecule has 1 amide bonds. The Morgan fingerprint density at radius 1 is 1.06 bits per heavy atom. The summed E-state index contributed by atoms with van der Waals surface area (Å²) in [6, 6.07) is 17.7. The molecule has 9 heteroatoms. The molecule has 5 rings (SSSR count). The minimum absolute atomic E-state index is 0.172. The van der Waals surface area contributed by atoms with Gasteiger partial charge in [0.1, 0.15) is 17.6 Å². The average molecular weight is 449 g/mol. The third-order valence-electron chi connectivity index (χ3n) is 5.04. The van der Waals surface area contributed by atoms with E-state index in [0.29, 0.717) is 28.8 Å². The summed E-state index contributed by atoms with van der Waals surface area (Å²) in [7, 11) is 0. The van der Waals surface area contributed by atoms with Crippen LogP contribution in [0.5, 0.6) is 5.75 Å². The Kier molecular flexibility index (Phi) is 5.43. The number of halogens is 1. The number of hydrogen-bond acceptors (Lipinski definition) is 7. The third-order valence-corrected chi connectivity index (χ3v) is 5.29. The fraction of sp³-hybridized carbons (Fsp3) is 0.130. The van der Waals surface area contributed by atoms with E-state index in [2.05, 4.69) is 15.3 Å². The molecule has 0 aliphatic carbocycles. The zero-order valence-electron chi connectivity index (χ0n) is 16.7. The predicted octanol–water partition coefficient (Wildman–Crippen LogP) is 4.74. The second-order valence-corrected chi connectivity index (χ2v) is 7.52. The number of hydrogen-bond donors (Lipinski definition) is 0. The van der Waals surface area contributed by atoms with Crippen molar-refractivity contribution in [2.24, 2.45) is 5.10 Å². The van der Waals surface area contributed by atoms with Gasteiger partial charge in [0, 0.05) is 17.0 Å². The Bertz CT molecular complexity index is 1220. The third kappa shape index (κ3) is 4.13. The van der Waals surface area contributed by atoms with Crippen molar-refractivity contribution in [3.63, 3.8) is 0 Å². The van der Waals surface area contributed by atoms with Gasteiger partial charge >= 0.3 is 0 Å². The molecule has 1 aliphatic heterocycles. The Morgan fingerprint density at radius 3 is 2.53 bits per heavy atom. The quantitative estimate of drug-likeness (QED) is 0.423. The highest BCUT2D eigenvalue weighted by Gasteiger charge is 2.35. The van der Waals surface area contributed by atoms with E-state index in [1.807, 2.05) is 18.2 Å². The van der Waals surface area contributed by atoms with Crippen LogP contribution in [0.4, 0.5) is 0 Å². The van der Waals surface area contributed by atoms with Crippen LogP contribution in [0.2, 0.25) is 5.02 Å². The van der Waals surface area contributed by atoms with Gasteiger partial charge in [-0.05, 0) is 54.1 Å². The Hall–Kier alpha value is -3.91. The number of furan rings is 1. The maximum Gasteiger partial charge on any atom is 0.281 e. The lowest BCUT2D eigenvalue weighted by atomic mass is 10.0. The fourth-order valence-corrected chi connectivity index (χ4v) is 3.59. The van der Waals surface area contributed by atoms with E-state index in [-0.39, 0.29) is 18.6 Å². The first-order valence-corrected chi connectivity index (χ1v) is 10.2. The molecule has 2 aromatic carbocycles. The molecule has 2 aromatic heterocycles. The number of aromatic nitrogens is 2. The van der Waals surface area contributed by atoms with E-state index < -0.39 is 0 Å². The van der Waals surface area contributed by atoms with Crippen LogP contribution in [-0.4, -0.2) is 33.4 Å². The van der Waals surface area contributed by atoms with E-state index >= 15 is 0 Å². The molecule has 8 nitrogen and oxygen atoms in total. The van der Waals surface area contributed by atoms with Gasteiger partial charge in [-0.15, -0.1) is 10.2 Å². The van der Waals surface area contributed by atoms with Crippen LogP contribution in [0.25, 0.3) is 11.5 Å². The van der Waals surface area contributed by atoms with Gasteiger partial charge < -0.3 is 13.6 Å². The molecule has 0 radical (unpaired) electrons. The first kappa shape index (κ1) is 20.0. The van der Waals surface area contributed by atoms with E-state index in [4.69, 9.17) is 25.2 Å². The van der Waals surface area contributed by atoms with E-state index in [1.165, 1.54) is 11.4 Å². The van der Waals surface area contributed by atoms with Crippen molar-refractivity contribution in [2.75, 3.05) is 6.61 Å². The number of hydrazone groups is 1. The summed E-state index contributed by atoms with van der Waals surface area (Å²) in [5.74, 6) is 1.33. The normalized spacial score (nSPS) is 15.6. The van der Waals surface area contributed by atoms with Gasteiger partial charge in [0.25, 0.3) is 5.91 Å². The molecule has 160 valence electrons. The molecule has 0 spiro atoms. The van der Waals surface area contributed by atoms with Crippen LogP contribution in [0.15, 0.2) is 87.3 Å². The van der Waals surface area contributed by atoms with Crippen LogP contribution < -0.4 is 4.74 Å². The van der Waals surface area contributed by atoms with Crippen LogP contribution in [0.3, 0.4) is 0 Å². The topological polar surface area (TPSA) is 94.0 Å². The van der Waals surface area contributed by atoms with Crippen molar-refractivity contribution < 1.29 is 18.4 Å². The highest BCUT2D eigenvalue weighted by molar-refractivity contribution is 6.30. The second-order valence-electron chi connectivity index (χ2n) is 7.08. The van der Waals surface area contributed by atoms with Gasteiger partial charge in [-0.1, -0.05) is 23.7 Å². The standard InChI is InChI=1S/C23H17ClN4O4/c24-17-7-3-15(4-8-17)19-12-20(21-2-1-11-30-21)28(27-19)22(29)13-31-18-9-5-16(6-10-18)23-26-25-14-32-23/h1-11,14,20H,12-13H2/t20-/m1/s1. The average Bonchev–Trinajstić information content (AvgIpc) is 3.59. The van der Waals surface area contributed by atoms with Crippen molar-refractivity contribution in [3.8, 4) is 17.2 Å². The van der Waals surface area contributed by atoms with Crippen LogP contribution in [-0.2, 0) is 4.79 Å². The van der Waals surface area contributed by atoms with Crippen molar-refractivity contribution in [2.45, 2.75) is 12.5 Å². The Morgan fingerprint density at radius 2 is 1.84 bits per heavy atom. The maximum atomic E-state index is 13.0. The van der Waals surface area contributed by atoms with Crippen molar-refractivity contribution in [1.82, 2.24) is 15.2 Å². The van der Waals surface area contributed by atoms with Gasteiger partial charge in [0.15, 0.2) is 6.61 Å². The van der Waals surface area contributed by atoms with Crippen LogP contribution in [0, 0.1) is 0 Å². The number of ether oxygens (including phenoxy) is 1. The molecule has 1 atom stereocenters. The molecule has 0 saturated carbocycles. The monoisotopic (exact) mass is 448 g/mol. The number of amides is 1. The zero-order valence-corrected chi connectivity index (χ0v) is 17.5. The molecule has 0 unspecified atom stereocenters. The molecule has 3 heterocycles. The number of carbonyl (C=O) groups excluding carboxylic acids is 1. The van der Waals surface area contributed by atoms with Gasteiger partial charge in [-0.3, -0.25) is 4.79 Å². The van der Waals surface area contributed by atoms with Gasteiger partial charge in [-0.2, -0.15) is 5.10 Å². The fourth-order valence-electron chi connectivity index (χ4n) is 3.46. The molecular weight excluding hydrogens is 432 g/mol. The Balaban J connectivity index is 1.31. The summed E-state index contributed by atoms with van der Waals surface area (Å²) in [5, 5.41) is 14.2. The number of carbonyl (C=O) groups is 1. The number of rotatable bonds is 6. The zero-order chi connectivity index (χ0) is 21.9. The lowest BCUT2D eigenvalue weighted by Crippen LogP contribution is -2.31. The summed E-state index contributed by atoms with van der Waals surface area (Å²) in [6.07, 6.45) is 3.38. The van der Waals surface area contributed by atoms with Crippen LogP contribution in [0.1, 0.15) is 23.8 Å². The summed E-state index contributed by atoms with van der Waals surface area (Å²) < 4.78 is 16.4. The molecule has 1 aliphatic rings. The molecular formula is C23H17ClN4O4. The lowest BCUT2D eigenvalue weighted by molar-refractivity contribution is -0.135. The molecule has 0 bridgehead atoms. The minimum Gasteiger partial charge on any atom is -0.484 e. The van der Waals surface area contributed by atoms with E-state index in [0.717, 1.165) is 16.8 Å². The Labute approximate surface area is 188 Å². The first-order chi connectivity index (χ1) is 15.7. The first-order valence-electron chi connectivity index (χ1n) is 9.85. The van der Waals surface area contributed by atoms with Crippen molar-refractivity contribution >= 4 is 23.2 Å². The summed E-state index contributed by atoms with van der Waals surface area (Å²) in [6.45, 7) is -0.172. The van der Waals surface area contributed by atoms with Crippen LogP contribution >= 0.6 is 11.6 Å². The molecule has 0 saturated heterocycles. The second kappa shape index (κ2) is 8.68. The van der Waals surface area contributed by atoms with E-state index in [9.17, 15) is 4.79 Å². The highest BCUT2D eigenvalue weighted by Crippen LogP contribution is 2.33.